The molecular formula is C9H12N2. The lowest BCUT2D eigenvalue weighted by molar-refractivity contribution is 1.40. The van der Waals surface area contributed by atoms with Crippen LogP contribution in [0.15, 0.2) is 40.8 Å². The quantitative estimate of drug-likeness (QED) is 0.273. The maximum atomic E-state index is 5.49. The number of hydrogen-bond donors (Lipinski definition) is 1. The topological polar surface area (TPSA) is 38.4 Å². The van der Waals surface area contributed by atoms with E-state index in [2.05, 4.69) is 23.0 Å². The van der Waals surface area contributed by atoms with Crippen molar-refractivity contribution in [1.29, 1.82) is 0 Å². The number of nitrogens with zero attached hydrogens (tertiary/aromatic N) is 1. The average Bonchev–Trinajstić information content (AvgIpc) is 2.05. The summed E-state index contributed by atoms with van der Waals surface area (Å²) in [5.74, 6) is 0.425. The van der Waals surface area contributed by atoms with E-state index in [1.54, 1.807) is 19.2 Å². The van der Waals surface area contributed by atoms with Gasteiger partial charge in [0.25, 0.3) is 0 Å². The molecule has 0 saturated heterocycles. The molecule has 2 nitrogen and oxygen atoms in total. The van der Waals surface area contributed by atoms with E-state index in [1.165, 1.54) is 0 Å². The second-order valence-electron chi connectivity index (χ2n) is 1.78. The SMILES string of the molecule is C=CC(=C=C=CC)C(N)=NC. The minimum Gasteiger partial charge on any atom is -0.383 e. The molecular weight excluding hydrogens is 136 g/mol. The van der Waals surface area contributed by atoms with E-state index in [-0.39, 0.29) is 0 Å². The van der Waals surface area contributed by atoms with Crippen molar-refractivity contribution in [3.63, 3.8) is 0 Å². The van der Waals surface area contributed by atoms with Crippen LogP contribution in [0.3, 0.4) is 0 Å². The van der Waals surface area contributed by atoms with Gasteiger partial charge in [-0.25, -0.2) is 0 Å². The molecule has 0 unspecified atom stereocenters. The standard InChI is InChI=1S/C9H12N2/c1-4-6-7-8(5-2)9(10)11-3/h4-5H,2H2,1,3H3,(H2,10,11). The second kappa shape index (κ2) is 5.31. The van der Waals surface area contributed by atoms with Gasteiger partial charge in [0, 0.05) is 7.05 Å². The Morgan fingerprint density at radius 2 is 2.27 bits per heavy atom. The van der Waals surface area contributed by atoms with Crippen molar-refractivity contribution in [1.82, 2.24) is 0 Å². The molecule has 0 radical (unpaired) electrons. The van der Waals surface area contributed by atoms with Gasteiger partial charge in [-0.1, -0.05) is 18.0 Å². The number of rotatable bonds is 2. The molecule has 2 N–H and O–H groups in total. The fourth-order valence-electron chi connectivity index (χ4n) is 0.490. The van der Waals surface area contributed by atoms with Gasteiger partial charge in [-0.3, -0.25) is 4.99 Å². The Bertz CT molecular complexity index is 259. The van der Waals surface area contributed by atoms with E-state index in [0.717, 1.165) is 0 Å². The molecule has 0 atom stereocenters. The van der Waals surface area contributed by atoms with Gasteiger partial charge in [-0.05, 0) is 19.1 Å². The largest absolute Gasteiger partial charge is 0.383 e. The summed E-state index contributed by atoms with van der Waals surface area (Å²) in [6.07, 6.45) is 3.34. The van der Waals surface area contributed by atoms with Gasteiger partial charge in [0.05, 0.1) is 5.57 Å². The third kappa shape index (κ3) is 3.27. The summed E-state index contributed by atoms with van der Waals surface area (Å²) >= 11 is 0. The lowest BCUT2D eigenvalue weighted by atomic mass is 10.2. The summed E-state index contributed by atoms with van der Waals surface area (Å²) in [7, 11) is 1.62. The third-order valence-electron chi connectivity index (χ3n) is 1.07. The molecule has 0 aromatic heterocycles. The van der Waals surface area contributed by atoms with Crippen LogP contribution in [0.4, 0.5) is 0 Å². The minimum absolute atomic E-state index is 0.425. The van der Waals surface area contributed by atoms with Crippen molar-refractivity contribution >= 4 is 5.84 Å². The molecule has 0 aliphatic carbocycles. The van der Waals surface area contributed by atoms with E-state index in [9.17, 15) is 0 Å². The summed E-state index contributed by atoms with van der Waals surface area (Å²) in [5.41, 5.74) is 11.7. The van der Waals surface area contributed by atoms with E-state index in [1.807, 2.05) is 6.92 Å². The van der Waals surface area contributed by atoms with Gasteiger partial charge in [0.15, 0.2) is 0 Å². The molecule has 0 aromatic rings. The van der Waals surface area contributed by atoms with Crippen molar-refractivity contribution < 1.29 is 0 Å². The first-order chi connectivity index (χ1) is 5.26. The van der Waals surface area contributed by atoms with Crippen LogP contribution in [-0.4, -0.2) is 12.9 Å². The Morgan fingerprint density at radius 3 is 2.64 bits per heavy atom. The van der Waals surface area contributed by atoms with Crippen molar-refractivity contribution in [2.24, 2.45) is 10.7 Å². The molecule has 0 heterocycles. The fourth-order valence-corrected chi connectivity index (χ4v) is 0.490. The Morgan fingerprint density at radius 1 is 1.64 bits per heavy atom. The Labute approximate surface area is 67.1 Å². The number of amidine groups is 1. The Balaban J connectivity index is 4.99. The highest BCUT2D eigenvalue weighted by molar-refractivity contribution is 5.99. The van der Waals surface area contributed by atoms with Crippen LogP contribution in [0.2, 0.25) is 0 Å². The van der Waals surface area contributed by atoms with Crippen molar-refractivity contribution in [2.45, 2.75) is 6.92 Å². The molecule has 11 heavy (non-hydrogen) atoms. The molecule has 0 aliphatic heterocycles. The highest BCUT2D eigenvalue weighted by Crippen LogP contribution is 1.91. The second-order valence-corrected chi connectivity index (χ2v) is 1.78. The highest BCUT2D eigenvalue weighted by Gasteiger charge is 1.92. The van der Waals surface area contributed by atoms with Crippen LogP contribution < -0.4 is 5.73 Å². The van der Waals surface area contributed by atoms with Crippen molar-refractivity contribution in [3.8, 4) is 0 Å². The van der Waals surface area contributed by atoms with Crippen LogP contribution in [-0.2, 0) is 0 Å². The molecule has 58 valence electrons. The summed E-state index contributed by atoms with van der Waals surface area (Å²) in [4.78, 5) is 3.78. The maximum Gasteiger partial charge on any atom is 0.133 e. The highest BCUT2D eigenvalue weighted by atomic mass is 14.8. The van der Waals surface area contributed by atoms with Gasteiger partial charge >= 0.3 is 0 Å². The van der Waals surface area contributed by atoms with E-state index >= 15 is 0 Å². The van der Waals surface area contributed by atoms with Crippen LogP contribution >= 0.6 is 0 Å². The molecule has 0 aromatic carbocycles. The maximum absolute atomic E-state index is 5.49. The first-order valence-electron chi connectivity index (χ1n) is 3.27. The average molecular weight is 148 g/mol. The van der Waals surface area contributed by atoms with Gasteiger partial charge < -0.3 is 5.73 Å². The summed E-state index contributed by atoms with van der Waals surface area (Å²) in [5, 5.41) is 0. The predicted octanol–water partition coefficient (Wildman–Crippen LogP) is 1.42. The van der Waals surface area contributed by atoms with Gasteiger partial charge in [0.2, 0.25) is 0 Å². The van der Waals surface area contributed by atoms with E-state index < -0.39 is 0 Å². The summed E-state index contributed by atoms with van der Waals surface area (Å²) < 4.78 is 0. The Kier molecular flexibility index (Phi) is 4.59. The molecule has 0 spiro atoms. The third-order valence-corrected chi connectivity index (χ3v) is 1.07. The van der Waals surface area contributed by atoms with Crippen LogP contribution in [0.5, 0.6) is 0 Å². The van der Waals surface area contributed by atoms with Crippen LogP contribution in [0.25, 0.3) is 0 Å². The molecule has 0 bridgehead atoms. The smallest absolute Gasteiger partial charge is 0.133 e. The predicted molar refractivity (Wildman–Crippen MR) is 48.5 cm³/mol. The number of nitrogens with two attached hydrogens (primary N) is 1. The lowest BCUT2D eigenvalue weighted by Crippen LogP contribution is -2.12. The zero-order valence-electron chi connectivity index (χ0n) is 6.89. The first kappa shape index (κ1) is 9.51. The number of aliphatic imine (C=N–C) groups is 1. The fraction of sp³-hybridized carbons (Fsp3) is 0.222. The Hall–Kier alpha value is -1.49. The number of hydrogen-bond acceptors (Lipinski definition) is 1. The van der Waals surface area contributed by atoms with Gasteiger partial charge in [-0.2, -0.15) is 0 Å². The summed E-state index contributed by atoms with van der Waals surface area (Å²) in [6.45, 7) is 5.42. The van der Waals surface area contributed by atoms with E-state index in [0.29, 0.717) is 11.4 Å². The van der Waals surface area contributed by atoms with Crippen molar-refractivity contribution in [2.75, 3.05) is 7.05 Å². The molecule has 0 aliphatic rings. The van der Waals surface area contributed by atoms with E-state index in [4.69, 9.17) is 5.73 Å². The van der Waals surface area contributed by atoms with Crippen LogP contribution in [0.1, 0.15) is 6.92 Å². The van der Waals surface area contributed by atoms with Gasteiger partial charge in [-0.15, -0.1) is 0 Å². The lowest BCUT2D eigenvalue weighted by Gasteiger charge is -1.92. The minimum atomic E-state index is 0.425. The molecule has 0 saturated carbocycles. The first-order valence-corrected chi connectivity index (χ1v) is 3.27. The monoisotopic (exact) mass is 148 g/mol. The molecule has 0 amide bonds. The molecule has 0 fully saturated rings. The zero-order valence-corrected chi connectivity index (χ0v) is 6.89. The zero-order chi connectivity index (χ0) is 8.69. The molecule has 2 heteroatoms. The summed E-state index contributed by atoms with van der Waals surface area (Å²) in [6, 6.07) is 0. The van der Waals surface area contributed by atoms with Gasteiger partial charge in [0.1, 0.15) is 5.84 Å². The normalized spacial score (nSPS) is 9.45. The molecule has 0 rings (SSSR count). The van der Waals surface area contributed by atoms with Crippen LogP contribution in [0, 0.1) is 0 Å². The number of allylic oxidation sites excluding steroid dienone is 1. The van der Waals surface area contributed by atoms with Crippen molar-refractivity contribution in [3.05, 3.63) is 35.8 Å².